The van der Waals surface area contributed by atoms with Gasteiger partial charge in [-0.05, 0) is 36.8 Å². The first-order valence-corrected chi connectivity index (χ1v) is 9.24. The number of pyridine rings is 1. The maximum absolute atomic E-state index is 12.7. The minimum absolute atomic E-state index is 0.0139. The molecule has 1 aromatic heterocycles. The van der Waals surface area contributed by atoms with Crippen molar-refractivity contribution in [3.8, 4) is 17.7 Å². The fraction of sp³-hybridized carbons (Fsp3) is 0.381. The van der Waals surface area contributed by atoms with E-state index in [1.165, 1.54) is 0 Å². The Morgan fingerprint density at radius 2 is 2.15 bits per heavy atom. The van der Waals surface area contributed by atoms with E-state index >= 15 is 0 Å². The largest absolute Gasteiger partial charge is 0.494 e. The van der Waals surface area contributed by atoms with Crippen LogP contribution in [0.1, 0.15) is 42.1 Å². The molecule has 0 N–H and O–H groups in total. The van der Waals surface area contributed by atoms with Crippen LogP contribution in [0.25, 0.3) is 0 Å². The number of carbonyl (C=O) groups excluding carboxylic acids is 1. The van der Waals surface area contributed by atoms with Crippen LogP contribution in [-0.2, 0) is 0 Å². The molecular weight excluding hydrogens is 342 g/mol. The molecule has 2 aromatic rings. The Morgan fingerprint density at radius 3 is 2.89 bits per heavy atom. The maximum Gasteiger partial charge on any atom is 0.253 e. The van der Waals surface area contributed by atoms with Gasteiger partial charge < -0.3 is 14.4 Å². The maximum atomic E-state index is 12.7. The average Bonchev–Trinajstić information content (AvgIpc) is 3.17. The summed E-state index contributed by atoms with van der Waals surface area (Å²) in [7, 11) is 0. The Morgan fingerprint density at radius 1 is 1.33 bits per heavy atom. The molecule has 0 aliphatic carbocycles. The standard InChI is InChI=1S/C21H23N3O3/c1-2-3-12-26-18-6-4-17(5-7-18)21(25)24-11-9-19(15-24)27-20-13-16(14-22)8-10-23-20/h4-8,10,13,19H,2-3,9,11-12,15H2,1H3. The molecule has 27 heavy (non-hydrogen) atoms. The van der Waals surface area contributed by atoms with Gasteiger partial charge in [0.25, 0.3) is 5.91 Å². The predicted molar refractivity (Wildman–Crippen MR) is 101 cm³/mol. The molecule has 0 bridgehead atoms. The third kappa shape index (κ3) is 4.98. The van der Waals surface area contributed by atoms with Gasteiger partial charge in [-0.2, -0.15) is 5.26 Å². The number of hydrogen-bond acceptors (Lipinski definition) is 5. The van der Waals surface area contributed by atoms with E-state index in [-0.39, 0.29) is 12.0 Å². The molecule has 2 heterocycles. The first-order valence-electron chi connectivity index (χ1n) is 9.24. The monoisotopic (exact) mass is 365 g/mol. The van der Waals surface area contributed by atoms with Gasteiger partial charge in [0.15, 0.2) is 0 Å². The van der Waals surface area contributed by atoms with Crippen LogP contribution in [0.4, 0.5) is 0 Å². The molecule has 1 saturated heterocycles. The molecule has 0 spiro atoms. The zero-order valence-electron chi connectivity index (χ0n) is 15.4. The van der Waals surface area contributed by atoms with Gasteiger partial charge >= 0.3 is 0 Å². The van der Waals surface area contributed by atoms with E-state index in [0.717, 1.165) is 25.0 Å². The molecule has 1 atom stereocenters. The summed E-state index contributed by atoms with van der Waals surface area (Å²) in [6, 6.07) is 12.6. The second-order valence-electron chi connectivity index (χ2n) is 6.50. The fourth-order valence-electron chi connectivity index (χ4n) is 2.93. The molecule has 0 radical (unpaired) electrons. The molecule has 6 heteroatoms. The number of ether oxygens (including phenoxy) is 2. The van der Waals surface area contributed by atoms with Crippen LogP contribution in [0.5, 0.6) is 11.6 Å². The normalized spacial score (nSPS) is 16.0. The van der Waals surface area contributed by atoms with Gasteiger partial charge in [0.1, 0.15) is 11.9 Å². The lowest BCUT2D eigenvalue weighted by Gasteiger charge is -2.17. The van der Waals surface area contributed by atoms with Gasteiger partial charge in [-0.15, -0.1) is 0 Å². The molecular formula is C21H23N3O3. The van der Waals surface area contributed by atoms with Crippen molar-refractivity contribution in [2.24, 2.45) is 0 Å². The van der Waals surface area contributed by atoms with Gasteiger partial charge in [0.2, 0.25) is 5.88 Å². The minimum atomic E-state index is -0.118. The highest BCUT2D eigenvalue weighted by atomic mass is 16.5. The Labute approximate surface area is 159 Å². The van der Waals surface area contributed by atoms with Gasteiger partial charge in [0, 0.05) is 30.8 Å². The first-order chi connectivity index (χ1) is 13.2. The summed E-state index contributed by atoms with van der Waals surface area (Å²) in [5.74, 6) is 1.19. The Kier molecular flexibility index (Phi) is 6.26. The highest BCUT2D eigenvalue weighted by Gasteiger charge is 2.28. The van der Waals surface area contributed by atoms with Crippen LogP contribution in [-0.4, -0.2) is 41.6 Å². The van der Waals surface area contributed by atoms with E-state index in [9.17, 15) is 4.79 Å². The first kappa shape index (κ1) is 18.7. The van der Waals surface area contributed by atoms with E-state index in [4.69, 9.17) is 14.7 Å². The number of carbonyl (C=O) groups is 1. The van der Waals surface area contributed by atoms with Gasteiger partial charge in [0.05, 0.1) is 24.8 Å². The highest BCUT2D eigenvalue weighted by molar-refractivity contribution is 5.94. The molecule has 6 nitrogen and oxygen atoms in total. The topological polar surface area (TPSA) is 75.4 Å². The Hall–Kier alpha value is -3.07. The van der Waals surface area contributed by atoms with Crippen LogP contribution < -0.4 is 9.47 Å². The second-order valence-corrected chi connectivity index (χ2v) is 6.50. The van der Waals surface area contributed by atoms with Crippen molar-refractivity contribution >= 4 is 5.91 Å². The van der Waals surface area contributed by atoms with Crippen LogP contribution in [0.15, 0.2) is 42.6 Å². The number of unbranched alkanes of at least 4 members (excludes halogenated alkanes) is 1. The zero-order chi connectivity index (χ0) is 19.1. The molecule has 1 aliphatic rings. The lowest BCUT2D eigenvalue weighted by atomic mass is 10.2. The quantitative estimate of drug-likeness (QED) is 0.703. The number of rotatable bonds is 7. The Bertz CT molecular complexity index is 814. The molecule has 1 unspecified atom stereocenters. The van der Waals surface area contributed by atoms with Crippen molar-refractivity contribution in [1.82, 2.24) is 9.88 Å². The van der Waals surface area contributed by atoms with Gasteiger partial charge in [-0.25, -0.2) is 4.98 Å². The third-order valence-corrected chi connectivity index (χ3v) is 4.45. The van der Waals surface area contributed by atoms with Crippen molar-refractivity contribution < 1.29 is 14.3 Å². The smallest absolute Gasteiger partial charge is 0.253 e. The van der Waals surface area contributed by atoms with E-state index in [0.29, 0.717) is 36.7 Å². The third-order valence-electron chi connectivity index (χ3n) is 4.45. The second kappa shape index (κ2) is 9.04. The zero-order valence-corrected chi connectivity index (χ0v) is 15.4. The molecule has 140 valence electrons. The molecule has 0 saturated carbocycles. The molecule has 1 amide bonds. The van der Waals surface area contributed by atoms with Gasteiger partial charge in [-0.3, -0.25) is 4.79 Å². The minimum Gasteiger partial charge on any atom is -0.494 e. The van der Waals surface area contributed by atoms with E-state index in [2.05, 4.69) is 18.0 Å². The van der Waals surface area contributed by atoms with Crippen molar-refractivity contribution in [3.05, 3.63) is 53.7 Å². The van der Waals surface area contributed by atoms with Crippen molar-refractivity contribution in [2.75, 3.05) is 19.7 Å². The SMILES string of the molecule is CCCCOc1ccc(C(=O)N2CCC(Oc3cc(C#N)ccn3)C2)cc1. The van der Waals surface area contributed by atoms with E-state index < -0.39 is 0 Å². The highest BCUT2D eigenvalue weighted by Crippen LogP contribution is 2.20. The Balaban J connectivity index is 1.54. The summed E-state index contributed by atoms with van der Waals surface area (Å²) in [6.45, 7) is 3.95. The van der Waals surface area contributed by atoms with Crippen molar-refractivity contribution in [3.63, 3.8) is 0 Å². The van der Waals surface area contributed by atoms with Crippen LogP contribution >= 0.6 is 0 Å². The van der Waals surface area contributed by atoms with Crippen molar-refractivity contribution in [2.45, 2.75) is 32.3 Å². The lowest BCUT2D eigenvalue weighted by Crippen LogP contribution is -2.31. The number of benzene rings is 1. The molecule has 1 aromatic carbocycles. The van der Waals surface area contributed by atoms with E-state index in [1.54, 1.807) is 35.4 Å². The molecule has 1 aliphatic heterocycles. The molecule has 3 rings (SSSR count). The number of nitriles is 1. The van der Waals surface area contributed by atoms with Crippen LogP contribution in [0, 0.1) is 11.3 Å². The molecule has 1 fully saturated rings. The van der Waals surface area contributed by atoms with Crippen molar-refractivity contribution in [1.29, 1.82) is 5.26 Å². The predicted octanol–water partition coefficient (Wildman–Crippen LogP) is 3.43. The number of amides is 1. The summed E-state index contributed by atoms with van der Waals surface area (Å²) in [5.41, 5.74) is 1.15. The van der Waals surface area contributed by atoms with Crippen LogP contribution in [0.3, 0.4) is 0 Å². The average molecular weight is 365 g/mol. The van der Waals surface area contributed by atoms with E-state index in [1.807, 2.05) is 12.1 Å². The lowest BCUT2D eigenvalue weighted by molar-refractivity contribution is 0.0771. The van der Waals surface area contributed by atoms with Crippen LogP contribution in [0.2, 0.25) is 0 Å². The summed E-state index contributed by atoms with van der Waals surface area (Å²) in [4.78, 5) is 18.6. The fourth-order valence-corrected chi connectivity index (χ4v) is 2.93. The summed E-state index contributed by atoms with van der Waals surface area (Å²) in [6.07, 6.45) is 4.28. The van der Waals surface area contributed by atoms with Gasteiger partial charge in [-0.1, -0.05) is 13.3 Å². The number of likely N-dealkylation sites (tertiary alicyclic amines) is 1. The number of nitrogens with zero attached hydrogens (tertiary/aromatic N) is 3. The number of hydrogen-bond donors (Lipinski definition) is 0. The summed E-state index contributed by atoms with van der Waals surface area (Å²) in [5, 5.41) is 8.95. The summed E-state index contributed by atoms with van der Waals surface area (Å²) < 4.78 is 11.5. The summed E-state index contributed by atoms with van der Waals surface area (Å²) >= 11 is 0. The number of aromatic nitrogens is 1.